The Morgan fingerprint density at radius 3 is 2.79 bits per heavy atom. The molecule has 3 amide bonds. The molecule has 0 radical (unpaired) electrons. The van der Waals surface area contributed by atoms with Gasteiger partial charge in [-0.15, -0.1) is 0 Å². The first-order valence-corrected chi connectivity index (χ1v) is 11.4. The van der Waals surface area contributed by atoms with Gasteiger partial charge in [0.15, 0.2) is 9.84 Å². The van der Waals surface area contributed by atoms with E-state index in [0.717, 1.165) is 5.56 Å². The van der Waals surface area contributed by atoms with Crippen LogP contribution in [-0.2, 0) is 30.7 Å². The SMILES string of the molecule is O=C(Nc1cccc(CN2CCOC2=O)c1)C1CC(=O)N(C2CCS(=O)(=O)C2)C1. The molecule has 1 aromatic rings. The summed E-state index contributed by atoms with van der Waals surface area (Å²) < 4.78 is 28.3. The predicted molar refractivity (Wildman–Crippen MR) is 104 cm³/mol. The van der Waals surface area contributed by atoms with Crippen molar-refractivity contribution in [2.24, 2.45) is 5.92 Å². The van der Waals surface area contributed by atoms with Crippen molar-refractivity contribution in [3.63, 3.8) is 0 Å². The molecule has 156 valence electrons. The minimum absolute atomic E-state index is 0.0198. The molecule has 3 fully saturated rings. The molecule has 3 heterocycles. The summed E-state index contributed by atoms with van der Waals surface area (Å²) in [6, 6.07) is 6.88. The zero-order chi connectivity index (χ0) is 20.6. The second-order valence-corrected chi connectivity index (χ2v) is 9.96. The molecule has 1 aromatic carbocycles. The average molecular weight is 421 g/mol. The van der Waals surface area contributed by atoms with Crippen LogP contribution in [0.25, 0.3) is 0 Å². The van der Waals surface area contributed by atoms with Gasteiger partial charge in [-0.2, -0.15) is 0 Å². The highest BCUT2D eigenvalue weighted by Gasteiger charge is 2.41. The van der Waals surface area contributed by atoms with Gasteiger partial charge in [0.05, 0.1) is 24.0 Å². The van der Waals surface area contributed by atoms with Crippen LogP contribution in [0.1, 0.15) is 18.4 Å². The van der Waals surface area contributed by atoms with Crippen molar-refractivity contribution in [1.82, 2.24) is 9.80 Å². The van der Waals surface area contributed by atoms with E-state index in [1.165, 1.54) is 0 Å². The summed E-state index contributed by atoms with van der Waals surface area (Å²) in [5, 5.41) is 2.84. The lowest BCUT2D eigenvalue weighted by atomic mass is 10.1. The van der Waals surface area contributed by atoms with E-state index in [4.69, 9.17) is 4.74 Å². The van der Waals surface area contributed by atoms with Crippen molar-refractivity contribution in [3.8, 4) is 0 Å². The van der Waals surface area contributed by atoms with Gasteiger partial charge in [-0.25, -0.2) is 13.2 Å². The molecule has 3 saturated heterocycles. The molecule has 4 rings (SSSR count). The van der Waals surface area contributed by atoms with Crippen LogP contribution in [0.3, 0.4) is 0 Å². The zero-order valence-corrected chi connectivity index (χ0v) is 16.7. The van der Waals surface area contributed by atoms with Crippen LogP contribution in [0.5, 0.6) is 0 Å². The van der Waals surface area contributed by atoms with Crippen LogP contribution < -0.4 is 5.32 Å². The molecule has 0 spiro atoms. The highest BCUT2D eigenvalue weighted by molar-refractivity contribution is 7.91. The topological polar surface area (TPSA) is 113 Å². The van der Waals surface area contributed by atoms with Gasteiger partial charge < -0.3 is 19.9 Å². The molecule has 2 atom stereocenters. The second-order valence-electron chi connectivity index (χ2n) is 7.73. The molecule has 2 unspecified atom stereocenters. The second kappa shape index (κ2) is 7.66. The van der Waals surface area contributed by atoms with E-state index in [1.807, 2.05) is 6.07 Å². The Balaban J connectivity index is 1.36. The van der Waals surface area contributed by atoms with Crippen LogP contribution in [0.2, 0.25) is 0 Å². The van der Waals surface area contributed by atoms with Gasteiger partial charge in [-0.05, 0) is 24.1 Å². The number of likely N-dealkylation sites (tertiary alicyclic amines) is 1. The number of rotatable bonds is 5. The Bertz CT molecular complexity index is 947. The summed E-state index contributed by atoms with van der Waals surface area (Å²) in [5.41, 5.74) is 1.45. The van der Waals surface area contributed by atoms with Crippen LogP contribution in [-0.4, -0.2) is 73.4 Å². The lowest BCUT2D eigenvalue weighted by Crippen LogP contribution is -2.38. The van der Waals surface area contributed by atoms with Crippen molar-refractivity contribution in [3.05, 3.63) is 29.8 Å². The van der Waals surface area contributed by atoms with Gasteiger partial charge >= 0.3 is 6.09 Å². The maximum absolute atomic E-state index is 12.7. The van der Waals surface area contributed by atoms with E-state index in [0.29, 0.717) is 31.8 Å². The number of ether oxygens (including phenoxy) is 1. The quantitative estimate of drug-likeness (QED) is 0.745. The average Bonchev–Trinajstić information content (AvgIpc) is 3.34. The number of nitrogens with one attached hydrogen (secondary N) is 1. The van der Waals surface area contributed by atoms with Gasteiger partial charge in [-0.3, -0.25) is 9.59 Å². The number of carbonyl (C=O) groups excluding carboxylic acids is 3. The maximum atomic E-state index is 12.7. The molecule has 0 saturated carbocycles. The Kier molecular flexibility index (Phi) is 5.20. The minimum Gasteiger partial charge on any atom is -0.448 e. The highest BCUT2D eigenvalue weighted by atomic mass is 32.2. The lowest BCUT2D eigenvalue weighted by Gasteiger charge is -2.23. The third-order valence-corrected chi connectivity index (χ3v) is 7.34. The minimum atomic E-state index is -3.09. The van der Waals surface area contributed by atoms with E-state index in [2.05, 4.69) is 5.32 Å². The summed E-state index contributed by atoms with van der Waals surface area (Å²) >= 11 is 0. The number of hydrogen-bond acceptors (Lipinski definition) is 6. The fourth-order valence-electron chi connectivity index (χ4n) is 4.06. The first kappa shape index (κ1) is 19.7. The largest absolute Gasteiger partial charge is 0.448 e. The molecular formula is C19H23N3O6S. The summed E-state index contributed by atoms with van der Waals surface area (Å²) in [6.07, 6.45) is 0.170. The summed E-state index contributed by atoms with van der Waals surface area (Å²) in [4.78, 5) is 39.7. The Labute approximate surface area is 168 Å². The van der Waals surface area contributed by atoms with Crippen molar-refractivity contribution in [1.29, 1.82) is 0 Å². The molecule has 3 aliphatic heterocycles. The van der Waals surface area contributed by atoms with E-state index in [9.17, 15) is 22.8 Å². The monoisotopic (exact) mass is 421 g/mol. The maximum Gasteiger partial charge on any atom is 0.410 e. The smallest absolute Gasteiger partial charge is 0.410 e. The van der Waals surface area contributed by atoms with Gasteiger partial charge in [0.2, 0.25) is 11.8 Å². The number of hydrogen-bond donors (Lipinski definition) is 1. The third-order valence-electron chi connectivity index (χ3n) is 5.59. The number of amides is 3. The number of cyclic esters (lactones) is 1. The fraction of sp³-hybridized carbons (Fsp3) is 0.526. The van der Waals surface area contributed by atoms with Gasteiger partial charge in [0.25, 0.3) is 0 Å². The number of sulfone groups is 1. The summed E-state index contributed by atoms with van der Waals surface area (Å²) in [5.74, 6) is -0.875. The summed E-state index contributed by atoms with van der Waals surface area (Å²) in [7, 11) is -3.09. The number of nitrogens with zero attached hydrogens (tertiary/aromatic N) is 2. The number of anilines is 1. The predicted octanol–water partition coefficient (Wildman–Crippen LogP) is 0.613. The summed E-state index contributed by atoms with van der Waals surface area (Å²) in [6.45, 7) is 1.55. The molecule has 29 heavy (non-hydrogen) atoms. The Hall–Kier alpha value is -2.62. The van der Waals surface area contributed by atoms with Crippen molar-refractivity contribution in [2.45, 2.75) is 25.4 Å². The first-order chi connectivity index (χ1) is 13.8. The Morgan fingerprint density at radius 1 is 1.28 bits per heavy atom. The molecule has 10 heteroatoms. The molecule has 1 N–H and O–H groups in total. The molecule has 0 bridgehead atoms. The standard InChI is InChI=1S/C19H23N3O6S/c23-17-9-14(11-22(17)16-4-7-29(26,27)12-16)18(24)20-15-3-1-2-13(8-15)10-21-5-6-28-19(21)25/h1-3,8,14,16H,4-7,9-12H2,(H,20,24). The first-order valence-electron chi connectivity index (χ1n) is 9.62. The van der Waals surface area contributed by atoms with E-state index in [1.54, 1.807) is 28.0 Å². The van der Waals surface area contributed by atoms with Gasteiger partial charge in [-0.1, -0.05) is 12.1 Å². The number of carbonyl (C=O) groups is 3. The Morgan fingerprint density at radius 2 is 2.10 bits per heavy atom. The van der Waals surface area contributed by atoms with E-state index >= 15 is 0 Å². The molecule has 0 aliphatic carbocycles. The molecular weight excluding hydrogens is 398 g/mol. The lowest BCUT2D eigenvalue weighted by molar-refractivity contribution is -0.129. The van der Waals surface area contributed by atoms with Crippen LogP contribution >= 0.6 is 0 Å². The van der Waals surface area contributed by atoms with Crippen molar-refractivity contribution >= 4 is 33.4 Å². The van der Waals surface area contributed by atoms with E-state index in [-0.39, 0.29) is 48.4 Å². The van der Waals surface area contributed by atoms with Crippen LogP contribution in [0.4, 0.5) is 10.5 Å². The van der Waals surface area contributed by atoms with Crippen molar-refractivity contribution in [2.75, 3.05) is 36.5 Å². The zero-order valence-electron chi connectivity index (χ0n) is 15.9. The number of benzene rings is 1. The van der Waals surface area contributed by atoms with Gasteiger partial charge in [0, 0.05) is 31.2 Å². The molecule has 0 aromatic heterocycles. The third kappa shape index (κ3) is 4.36. The van der Waals surface area contributed by atoms with Gasteiger partial charge in [0.1, 0.15) is 6.61 Å². The van der Waals surface area contributed by atoms with Crippen LogP contribution in [0.15, 0.2) is 24.3 Å². The molecule has 3 aliphatic rings. The normalized spacial score (nSPS) is 26.1. The van der Waals surface area contributed by atoms with Crippen molar-refractivity contribution < 1.29 is 27.5 Å². The fourth-order valence-corrected chi connectivity index (χ4v) is 5.79. The molecule has 9 nitrogen and oxygen atoms in total. The van der Waals surface area contributed by atoms with E-state index < -0.39 is 15.8 Å². The highest BCUT2D eigenvalue weighted by Crippen LogP contribution is 2.27. The van der Waals surface area contributed by atoms with Crippen LogP contribution in [0, 0.1) is 5.92 Å².